The number of ether oxygens (including phenoxy) is 1. The number of anilines is 1. The molecule has 0 aliphatic rings. The second-order valence-electron chi connectivity index (χ2n) is 5.09. The van der Waals surface area contributed by atoms with E-state index in [1.165, 1.54) is 5.56 Å². The normalized spacial score (nSPS) is 12.1. The first-order valence-corrected chi connectivity index (χ1v) is 7.27. The van der Waals surface area contributed by atoms with E-state index in [9.17, 15) is 0 Å². The smallest absolute Gasteiger partial charge is 0.119 e. The maximum Gasteiger partial charge on any atom is 0.119 e. The van der Waals surface area contributed by atoms with Crippen LogP contribution in [-0.2, 0) is 12.8 Å². The standard InChI is InChI=1S/C17H23N3O/c1-3-20-15(11-14-12-19-8-7-17(14)18)9-13-5-4-6-16(10-13)21-2/h4-8,10,12,15,20H,3,9,11H2,1-2H3,(H2,18,19). The summed E-state index contributed by atoms with van der Waals surface area (Å²) in [4.78, 5) is 4.17. The number of likely N-dealkylation sites (N-methyl/N-ethyl adjacent to an activating group) is 1. The molecular formula is C17H23N3O. The number of hydrogen-bond donors (Lipinski definition) is 2. The zero-order chi connectivity index (χ0) is 15.1. The molecule has 0 aliphatic heterocycles. The number of pyridine rings is 1. The zero-order valence-corrected chi connectivity index (χ0v) is 12.7. The van der Waals surface area contributed by atoms with E-state index < -0.39 is 0 Å². The van der Waals surface area contributed by atoms with Crippen molar-refractivity contribution in [2.24, 2.45) is 0 Å². The van der Waals surface area contributed by atoms with Crippen molar-refractivity contribution in [3.63, 3.8) is 0 Å². The summed E-state index contributed by atoms with van der Waals surface area (Å²) in [5.41, 5.74) is 9.16. The Morgan fingerprint density at radius 3 is 2.86 bits per heavy atom. The van der Waals surface area contributed by atoms with Crippen LogP contribution < -0.4 is 15.8 Å². The Bertz CT molecular complexity index is 571. The predicted molar refractivity (Wildman–Crippen MR) is 86.5 cm³/mol. The van der Waals surface area contributed by atoms with Crippen LogP contribution in [0.2, 0.25) is 0 Å². The number of nitrogens with two attached hydrogens (primary N) is 1. The summed E-state index contributed by atoms with van der Waals surface area (Å²) in [7, 11) is 1.69. The summed E-state index contributed by atoms with van der Waals surface area (Å²) >= 11 is 0. The molecule has 1 aromatic heterocycles. The summed E-state index contributed by atoms with van der Waals surface area (Å²) in [5, 5.41) is 3.52. The van der Waals surface area contributed by atoms with E-state index in [2.05, 4.69) is 29.4 Å². The van der Waals surface area contributed by atoms with E-state index >= 15 is 0 Å². The molecule has 3 N–H and O–H groups in total. The molecule has 1 heterocycles. The highest BCUT2D eigenvalue weighted by atomic mass is 16.5. The lowest BCUT2D eigenvalue weighted by molar-refractivity contribution is 0.413. The van der Waals surface area contributed by atoms with Gasteiger partial charge in [-0.25, -0.2) is 0 Å². The van der Waals surface area contributed by atoms with Gasteiger partial charge >= 0.3 is 0 Å². The highest BCUT2D eigenvalue weighted by Crippen LogP contribution is 2.17. The molecule has 0 fully saturated rings. The van der Waals surface area contributed by atoms with Crippen LogP contribution in [0.15, 0.2) is 42.7 Å². The van der Waals surface area contributed by atoms with Crippen molar-refractivity contribution in [3.8, 4) is 5.75 Å². The average molecular weight is 285 g/mol. The highest BCUT2D eigenvalue weighted by Gasteiger charge is 2.12. The molecule has 0 bridgehead atoms. The third kappa shape index (κ3) is 4.46. The van der Waals surface area contributed by atoms with E-state index in [1.54, 1.807) is 13.3 Å². The minimum Gasteiger partial charge on any atom is -0.497 e. The van der Waals surface area contributed by atoms with Gasteiger partial charge in [0.1, 0.15) is 5.75 Å². The van der Waals surface area contributed by atoms with Crippen molar-refractivity contribution in [2.45, 2.75) is 25.8 Å². The molecular weight excluding hydrogens is 262 g/mol. The first-order chi connectivity index (χ1) is 10.2. The fourth-order valence-corrected chi connectivity index (χ4v) is 2.46. The third-order valence-corrected chi connectivity index (χ3v) is 3.52. The molecule has 112 valence electrons. The van der Waals surface area contributed by atoms with Crippen LogP contribution in [0, 0.1) is 0 Å². The van der Waals surface area contributed by atoms with Crippen LogP contribution in [0.3, 0.4) is 0 Å². The van der Waals surface area contributed by atoms with Crippen molar-refractivity contribution in [1.82, 2.24) is 10.3 Å². The van der Waals surface area contributed by atoms with E-state index in [4.69, 9.17) is 10.5 Å². The molecule has 1 aromatic carbocycles. The van der Waals surface area contributed by atoms with Gasteiger partial charge in [-0.15, -0.1) is 0 Å². The Morgan fingerprint density at radius 2 is 2.14 bits per heavy atom. The SMILES string of the molecule is CCNC(Cc1cccc(OC)c1)Cc1cnccc1N. The van der Waals surface area contributed by atoms with Crippen LogP contribution in [0.5, 0.6) is 5.75 Å². The summed E-state index contributed by atoms with van der Waals surface area (Å²) < 4.78 is 5.28. The van der Waals surface area contributed by atoms with Crippen molar-refractivity contribution < 1.29 is 4.74 Å². The first kappa shape index (κ1) is 15.3. The molecule has 4 heteroatoms. The molecule has 4 nitrogen and oxygen atoms in total. The second-order valence-corrected chi connectivity index (χ2v) is 5.09. The Morgan fingerprint density at radius 1 is 1.29 bits per heavy atom. The molecule has 1 unspecified atom stereocenters. The Labute approximate surface area is 126 Å². The van der Waals surface area contributed by atoms with Crippen LogP contribution in [0.4, 0.5) is 5.69 Å². The highest BCUT2D eigenvalue weighted by molar-refractivity contribution is 5.44. The van der Waals surface area contributed by atoms with Crippen LogP contribution in [-0.4, -0.2) is 24.7 Å². The number of methoxy groups -OCH3 is 1. The first-order valence-electron chi connectivity index (χ1n) is 7.27. The minimum atomic E-state index is 0.327. The summed E-state index contributed by atoms with van der Waals surface area (Å²) in [6.45, 7) is 3.04. The van der Waals surface area contributed by atoms with Gasteiger partial charge in [-0.3, -0.25) is 4.98 Å². The topological polar surface area (TPSA) is 60.2 Å². The number of rotatable bonds is 7. The second kappa shape index (κ2) is 7.64. The summed E-state index contributed by atoms with van der Waals surface area (Å²) in [6.07, 6.45) is 5.37. The van der Waals surface area contributed by atoms with Gasteiger partial charge in [0.2, 0.25) is 0 Å². The monoisotopic (exact) mass is 285 g/mol. The van der Waals surface area contributed by atoms with Crippen molar-refractivity contribution in [2.75, 3.05) is 19.4 Å². The number of benzene rings is 1. The van der Waals surface area contributed by atoms with Gasteiger partial charge in [0.25, 0.3) is 0 Å². The van der Waals surface area contributed by atoms with Crippen LogP contribution in [0.25, 0.3) is 0 Å². The number of nitrogen functional groups attached to an aromatic ring is 1. The van der Waals surface area contributed by atoms with Gasteiger partial charge < -0.3 is 15.8 Å². The lowest BCUT2D eigenvalue weighted by atomic mass is 9.99. The molecule has 0 radical (unpaired) electrons. The van der Waals surface area contributed by atoms with Crippen LogP contribution >= 0.6 is 0 Å². The molecule has 0 saturated carbocycles. The Hall–Kier alpha value is -2.07. The predicted octanol–water partition coefficient (Wildman–Crippen LogP) is 2.44. The molecule has 0 amide bonds. The van der Waals surface area contributed by atoms with Gasteiger partial charge in [0.15, 0.2) is 0 Å². The lowest BCUT2D eigenvalue weighted by Gasteiger charge is -2.19. The molecule has 1 atom stereocenters. The number of aromatic nitrogens is 1. The van der Waals surface area contributed by atoms with Crippen LogP contribution in [0.1, 0.15) is 18.1 Å². The number of nitrogens with one attached hydrogen (secondary N) is 1. The van der Waals surface area contributed by atoms with Gasteiger partial charge in [-0.2, -0.15) is 0 Å². The average Bonchev–Trinajstić information content (AvgIpc) is 2.50. The quantitative estimate of drug-likeness (QED) is 0.820. The van der Waals surface area contributed by atoms with Gasteiger partial charge in [-0.05, 0) is 48.7 Å². The minimum absolute atomic E-state index is 0.327. The summed E-state index contributed by atoms with van der Waals surface area (Å²) in [6, 6.07) is 10.4. The van der Waals surface area contributed by atoms with E-state index in [1.807, 2.05) is 24.4 Å². The molecule has 21 heavy (non-hydrogen) atoms. The lowest BCUT2D eigenvalue weighted by Crippen LogP contribution is -2.33. The summed E-state index contributed by atoms with van der Waals surface area (Å²) in [5.74, 6) is 0.892. The largest absolute Gasteiger partial charge is 0.497 e. The van der Waals surface area contributed by atoms with E-state index in [0.717, 1.165) is 36.4 Å². The molecule has 2 rings (SSSR count). The van der Waals surface area contributed by atoms with Crippen molar-refractivity contribution in [1.29, 1.82) is 0 Å². The zero-order valence-electron chi connectivity index (χ0n) is 12.7. The maximum atomic E-state index is 6.02. The maximum absolute atomic E-state index is 6.02. The van der Waals surface area contributed by atoms with Gasteiger partial charge in [0.05, 0.1) is 7.11 Å². The Balaban J connectivity index is 2.10. The fourth-order valence-electron chi connectivity index (χ4n) is 2.46. The number of nitrogens with zero attached hydrogens (tertiary/aromatic N) is 1. The molecule has 0 spiro atoms. The van der Waals surface area contributed by atoms with E-state index in [-0.39, 0.29) is 0 Å². The van der Waals surface area contributed by atoms with Gasteiger partial charge in [-0.1, -0.05) is 19.1 Å². The molecule has 2 aromatic rings. The van der Waals surface area contributed by atoms with Gasteiger partial charge in [0, 0.05) is 24.1 Å². The van der Waals surface area contributed by atoms with Crippen molar-refractivity contribution in [3.05, 3.63) is 53.9 Å². The molecule has 0 aliphatic carbocycles. The molecule has 0 saturated heterocycles. The fraction of sp³-hybridized carbons (Fsp3) is 0.353. The number of hydrogen-bond acceptors (Lipinski definition) is 4. The van der Waals surface area contributed by atoms with E-state index in [0.29, 0.717) is 6.04 Å². The van der Waals surface area contributed by atoms with Crippen molar-refractivity contribution >= 4 is 5.69 Å². The Kier molecular flexibility index (Phi) is 5.58. The third-order valence-electron chi connectivity index (χ3n) is 3.52.